The van der Waals surface area contributed by atoms with Crippen LogP contribution in [0, 0.1) is 6.92 Å². The van der Waals surface area contributed by atoms with Crippen molar-refractivity contribution < 1.29 is 23.1 Å². The minimum atomic E-state index is -2.63. The Morgan fingerprint density at radius 1 is 1.56 bits per heavy atom. The van der Waals surface area contributed by atoms with Crippen molar-refractivity contribution in [2.24, 2.45) is 0 Å². The van der Waals surface area contributed by atoms with Gasteiger partial charge in [-0.25, -0.2) is 18.8 Å². The van der Waals surface area contributed by atoms with Crippen molar-refractivity contribution in [3.63, 3.8) is 0 Å². The van der Waals surface area contributed by atoms with Crippen LogP contribution in [0.1, 0.15) is 15.9 Å². The lowest BCUT2D eigenvalue weighted by Crippen LogP contribution is -2.26. The lowest BCUT2D eigenvalue weighted by Gasteiger charge is -2.16. The zero-order chi connectivity index (χ0) is 13.7. The number of carbonyl (C=O) groups excluding carboxylic acids is 1. The van der Waals surface area contributed by atoms with E-state index < -0.39 is 18.9 Å². The maximum absolute atomic E-state index is 12.1. The Morgan fingerprint density at radius 2 is 2.22 bits per heavy atom. The van der Waals surface area contributed by atoms with Gasteiger partial charge >= 0.3 is 0 Å². The quantitative estimate of drug-likeness (QED) is 0.756. The van der Waals surface area contributed by atoms with E-state index in [4.69, 9.17) is 9.57 Å². The van der Waals surface area contributed by atoms with E-state index in [9.17, 15) is 13.6 Å². The summed E-state index contributed by atoms with van der Waals surface area (Å²) in [6, 6.07) is 1.51. The third-order valence-corrected chi connectivity index (χ3v) is 2.12. The number of ether oxygens (including phenoxy) is 1. The normalized spacial score (nSPS) is 10.6. The van der Waals surface area contributed by atoms with E-state index in [0.29, 0.717) is 5.56 Å². The Balaban J connectivity index is 2.99. The minimum Gasteiger partial charge on any atom is -0.471 e. The smallest absolute Gasteiger partial charge is 0.282 e. The van der Waals surface area contributed by atoms with Gasteiger partial charge in [0.05, 0.1) is 7.11 Å². The van der Waals surface area contributed by atoms with Gasteiger partial charge in [0, 0.05) is 13.2 Å². The maximum atomic E-state index is 12.1. The summed E-state index contributed by atoms with van der Waals surface area (Å²) < 4.78 is 29.0. The fourth-order valence-electron chi connectivity index (χ4n) is 1.22. The molecule has 0 saturated heterocycles. The van der Waals surface area contributed by atoms with E-state index in [1.165, 1.54) is 26.4 Å². The summed E-state index contributed by atoms with van der Waals surface area (Å²) >= 11 is 0. The first kappa shape index (κ1) is 14.3. The zero-order valence-electron chi connectivity index (χ0n) is 10.3. The number of aryl methyl sites for hydroxylation is 1. The average Bonchev–Trinajstić information content (AvgIpc) is 2.35. The minimum absolute atomic E-state index is 0.0833. The molecule has 0 spiro atoms. The first-order valence-electron chi connectivity index (χ1n) is 5.15. The number of nitrogens with zero attached hydrogens (tertiary/aromatic N) is 2. The lowest BCUT2D eigenvalue weighted by atomic mass is 10.2. The van der Waals surface area contributed by atoms with Crippen LogP contribution in [0.15, 0.2) is 12.3 Å². The number of hydrogen-bond acceptors (Lipinski definition) is 4. The Labute approximate surface area is 103 Å². The Morgan fingerprint density at radius 3 is 2.78 bits per heavy atom. The second-order valence-corrected chi connectivity index (χ2v) is 3.55. The summed E-state index contributed by atoms with van der Waals surface area (Å²) in [6.07, 6.45) is -1.19. The van der Waals surface area contributed by atoms with Crippen molar-refractivity contribution in [1.82, 2.24) is 10.0 Å². The maximum Gasteiger partial charge on any atom is 0.282 e. The number of alkyl halides is 2. The monoisotopic (exact) mass is 260 g/mol. The van der Waals surface area contributed by atoms with Crippen molar-refractivity contribution in [2.75, 3.05) is 20.8 Å². The van der Waals surface area contributed by atoms with Crippen LogP contribution >= 0.6 is 0 Å². The molecule has 0 radical (unpaired) electrons. The molecule has 0 N–H and O–H groups in total. The van der Waals surface area contributed by atoms with Crippen molar-refractivity contribution >= 4 is 5.91 Å². The van der Waals surface area contributed by atoms with Gasteiger partial charge in [-0.1, -0.05) is 0 Å². The number of amides is 1. The molecule has 1 aromatic heterocycles. The van der Waals surface area contributed by atoms with Crippen LogP contribution in [0.2, 0.25) is 0 Å². The third-order valence-electron chi connectivity index (χ3n) is 2.12. The molecule has 0 aliphatic carbocycles. The van der Waals surface area contributed by atoms with Crippen LogP contribution in [0.25, 0.3) is 0 Å². The van der Waals surface area contributed by atoms with E-state index >= 15 is 0 Å². The summed E-state index contributed by atoms with van der Waals surface area (Å²) in [5.74, 6) is -0.646. The summed E-state index contributed by atoms with van der Waals surface area (Å²) in [5.41, 5.74) is 0.798. The summed E-state index contributed by atoms with van der Waals surface area (Å²) in [7, 11) is 2.72. The molecule has 0 aliphatic rings. The number of aromatic nitrogens is 1. The Kier molecular flexibility index (Phi) is 4.96. The van der Waals surface area contributed by atoms with Gasteiger partial charge < -0.3 is 4.74 Å². The van der Waals surface area contributed by atoms with Gasteiger partial charge in [0.1, 0.15) is 5.56 Å². The molecule has 18 heavy (non-hydrogen) atoms. The lowest BCUT2D eigenvalue weighted by molar-refractivity contribution is -0.0759. The highest BCUT2D eigenvalue weighted by Crippen LogP contribution is 2.19. The molecule has 0 aliphatic heterocycles. The Bertz CT molecular complexity index is 427. The molecule has 0 aromatic carbocycles. The molecule has 5 nitrogen and oxygen atoms in total. The van der Waals surface area contributed by atoms with Crippen LogP contribution in [0.5, 0.6) is 5.88 Å². The second-order valence-electron chi connectivity index (χ2n) is 3.55. The van der Waals surface area contributed by atoms with Gasteiger partial charge in [-0.3, -0.25) is 9.63 Å². The molecule has 7 heteroatoms. The van der Waals surface area contributed by atoms with Gasteiger partial charge in [-0.15, -0.1) is 0 Å². The molecule has 0 unspecified atom stereocenters. The van der Waals surface area contributed by atoms with Crippen LogP contribution in [-0.4, -0.2) is 43.1 Å². The highest BCUT2D eigenvalue weighted by atomic mass is 19.3. The summed E-state index contributed by atoms with van der Waals surface area (Å²) in [4.78, 5) is 20.5. The first-order chi connectivity index (χ1) is 8.45. The van der Waals surface area contributed by atoms with Crippen LogP contribution in [0.4, 0.5) is 8.78 Å². The van der Waals surface area contributed by atoms with Gasteiger partial charge in [0.2, 0.25) is 5.88 Å². The molecular formula is C11H14F2N2O3. The predicted molar refractivity (Wildman–Crippen MR) is 59.6 cm³/mol. The van der Waals surface area contributed by atoms with E-state index in [-0.39, 0.29) is 11.4 Å². The highest BCUT2D eigenvalue weighted by Gasteiger charge is 2.19. The first-order valence-corrected chi connectivity index (χ1v) is 5.15. The van der Waals surface area contributed by atoms with Crippen LogP contribution in [0.3, 0.4) is 0 Å². The standard InChI is InChI=1S/C11H14F2N2O3/c1-7-4-8(11(16)15(2)17-3)10(14-5-7)18-6-9(12)13/h4-5,9H,6H2,1-3H3. The molecule has 0 atom stereocenters. The Hall–Kier alpha value is -1.76. The van der Waals surface area contributed by atoms with E-state index in [0.717, 1.165) is 5.06 Å². The topological polar surface area (TPSA) is 51.7 Å². The van der Waals surface area contributed by atoms with Gasteiger partial charge in [0.15, 0.2) is 6.61 Å². The van der Waals surface area contributed by atoms with Crippen molar-refractivity contribution in [2.45, 2.75) is 13.3 Å². The molecular weight excluding hydrogens is 246 g/mol. The number of hydroxylamine groups is 2. The zero-order valence-corrected chi connectivity index (χ0v) is 10.3. The fraction of sp³-hybridized carbons (Fsp3) is 0.455. The molecule has 0 bridgehead atoms. The summed E-state index contributed by atoms with van der Waals surface area (Å²) in [5, 5.41) is 0.964. The fourth-order valence-corrected chi connectivity index (χ4v) is 1.22. The van der Waals surface area contributed by atoms with Gasteiger partial charge in [-0.2, -0.15) is 0 Å². The molecule has 1 amide bonds. The molecule has 1 heterocycles. The second kappa shape index (κ2) is 6.25. The third kappa shape index (κ3) is 3.63. The largest absolute Gasteiger partial charge is 0.471 e. The molecule has 1 rings (SSSR count). The number of rotatable bonds is 5. The number of pyridine rings is 1. The number of hydrogen-bond donors (Lipinski definition) is 0. The van der Waals surface area contributed by atoms with E-state index in [2.05, 4.69) is 4.98 Å². The van der Waals surface area contributed by atoms with Crippen molar-refractivity contribution in [3.8, 4) is 5.88 Å². The summed E-state index contributed by atoms with van der Waals surface area (Å²) in [6.45, 7) is 0.917. The van der Waals surface area contributed by atoms with Gasteiger partial charge in [-0.05, 0) is 18.6 Å². The molecule has 0 saturated carbocycles. The van der Waals surface area contributed by atoms with Crippen molar-refractivity contribution in [1.29, 1.82) is 0 Å². The van der Waals surface area contributed by atoms with E-state index in [1.54, 1.807) is 6.92 Å². The SMILES string of the molecule is CON(C)C(=O)c1cc(C)cnc1OCC(F)F. The average molecular weight is 260 g/mol. The molecule has 0 fully saturated rings. The molecule has 1 aromatic rings. The van der Waals surface area contributed by atoms with Crippen LogP contribution in [-0.2, 0) is 4.84 Å². The van der Waals surface area contributed by atoms with E-state index in [1.807, 2.05) is 0 Å². The molecule has 100 valence electrons. The highest BCUT2D eigenvalue weighted by molar-refractivity contribution is 5.95. The van der Waals surface area contributed by atoms with Crippen LogP contribution < -0.4 is 4.74 Å². The van der Waals surface area contributed by atoms with Crippen molar-refractivity contribution in [3.05, 3.63) is 23.4 Å². The number of carbonyl (C=O) groups is 1. The van der Waals surface area contributed by atoms with Gasteiger partial charge in [0.25, 0.3) is 12.3 Å². The number of halogens is 2. The predicted octanol–water partition coefficient (Wildman–Crippen LogP) is 1.67.